The first-order valence-electron chi connectivity index (χ1n) is 4.50. The Kier molecular flexibility index (Phi) is 4.15. The summed E-state index contributed by atoms with van der Waals surface area (Å²) in [5, 5.41) is 0. The van der Waals surface area contributed by atoms with Crippen LogP contribution < -0.4 is 5.73 Å². The Morgan fingerprint density at radius 2 is 2.21 bits per heavy atom. The van der Waals surface area contributed by atoms with Crippen molar-refractivity contribution in [2.24, 2.45) is 11.7 Å². The highest BCUT2D eigenvalue weighted by atomic mass is 19.4. The molecule has 0 aliphatic carbocycles. The predicted molar refractivity (Wildman–Crippen MR) is 43.8 cm³/mol. The van der Waals surface area contributed by atoms with Crippen LogP contribution in [0.1, 0.15) is 6.42 Å². The maximum absolute atomic E-state index is 12.2. The van der Waals surface area contributed by atoms with Gasteiger partial charge >= 0.3 is 6.18 Å². The lowest BCUT2D eigenvalue weighted by molar-refractivity contribution is -0.189. The monoisotopic (exact) mass is 213 g/mol. The van der Waals surface area contributed by atoms with E-state index in [0.29, 0.717) is 19.6 Å². The molecule has 3 nitrogen and oxygen atoms in total. The Labute approximate surface area is 80.4 Å². The van der Waals surface area contributed by atoms with Gasteiger partial charge in [-0.2, -0.15) is 13.2 Å². The van der Waals surface area contributed by atoms with Gasteiger partial charge in [0.1, 0.15) is 0 Å². The molecular formula is C8H14F3NO2. The van der Waals surface area contributed by atoms with Crippen LogP contribution in [0.3, 0.4) is 0 Å². The molecule has 1 saturated heterocycles. The first-order chi connectivity index (χ1) is 6.54. The minimum absolute atomic E-state index is 0.202. The molecule has 1 heterocycles. The van der Waals surface area contributed by atoms with Gasteiger partial charge in [0.05, 0.1) is 25.2 Å². The van der Waals surface area contributed by atoms with Gasteiger partial charge in [-0.3, -0.25) is 0 Å². The molecule has 1 aliphatic rings. The van der Waals surface area contributed by atoms with Crippen molar-refractivity contribution >= 4 is 0 Å². The van der Waals surface area contributed by atoms with Crippen molar-refractivity contribution in [2.45, 2.75) is 18.7 Å². The summed E-state index contributed by atoms with van der Waals surface area (Å²) < 4.78 is 46.6. The first-order valence-corrected chi connectivity index (χ1v) is 4.50. The SMILES string of the molecule is NCC(COC1CCOC1)C(F)(F)F. The molecule has 1 aliphatic heterocycles. The van der Waals surface area contributed by atoms with E-state index in [1.807, 2.05) is 0 Å². The molecule has 14 heavy (non-hydrogen) atoms. The fourth-order valence-corrected chi connectivity index (χ4v) is 1.19. The lowest BCUT2D eigenvalue weighted by Gasteiger charge is -2.20. The maximum atomic E-state index is 12.2. The van der Waals surface area contributed by atoms with Gasteiger partial charge in [-0.1, -0.05) is 0 Å². The minimum atomic E-state index is -4.27. The van der Waals surface area contributed by atoms with Gasteiger partial charge in [0.15, 0.2) is 0 Å². The molecule has 2 unspecified atom stereocenters. The summed E-state index contributed by atoms with van der Waals surface area (Å²) in [5.41, 5.74) is 5.01. The smallest absolute Gasteiger partial charge is 0.379 e. The van der Waals surface area contributed by atoms with E-state index in [9.17, 15) is 13.2 Å². The molecule has 6 heteroatoms. The van der Waals surface area contributed by atoms with Crippen LogP contribution in [0.4, 0.5) is 13.2 Å². The molecule has 84 valence electrons. The molecule has 0 spiro atoms. The van der Waals surface area contributed by atoms with E-state index in [-0.39, 0.29) is 12.7 Å². The highest BCUT2D eigenvalue weighted by Crippen LogP contribution is 2.26. The molecule has 0 radical (unpaired) electrons. The van der Waals surface area contributed by atoms with Crippen molar-refractivity contribution < 1.29 is 22.6 Å². The molecule has 1 rings (SSSR count). The summed E-state index contributed by atoms with van der Waals surface area (Å²) in [6.07, 6.45) is -3.81. The van der Waals surface area contributed by atoms with Crippen molar-refractivity contribution in [1.29, 1.82) is 0 Å². The van der Waals surface area contributed by atoms with E-state index in [1.54, 1.807) is 0 Å². The highest BCUT2D eigenvalue weighted by Gasteiger charge is 2.39. The topological polar surface area (TPSA) is 44.5 Å². The molecule has 1 fully saturated rings. The molecule has 0 bridgehead atoms. The van der Waals surface area contributed by atoms with E-state index in [2.05, 4.69) is 0 Å². The number of rotatable bonds is 4. The molecule has 0 aromatic heterocycles. The second-order valence-electron chi connectivity index (χ2n) is 3.29. The quantitative estimate of drug-likeness (QED) is 0.755. The number of hydrogen-bond acceptors (Lipinski definition) is 3. The van der Waals surface area contributed by atoms with Crippen LogP contribution in [0.15, 0.2) is 0 Å². The third-order valence-corrected chi connectivity index (χ3v) is 2.17. The minimum Gasteiger partial charge on any atom is -0.379 e. The van der Waals surface area contributed by atoms with Crippen molar-refractivity contribution in [2.75, 3.05) is 26.4 Å². The standard InChI is InChI=1S/C8H14F3NO2/c9-8(10,11)6(3-12)4-14-7-1-2-13-5-7/h6-7H,1-5,12H2. The van der Waals surface area contributed by atoms with Crippen LogP contribution in [0, 0.1) is 5.92 Å². The molecule has 2 atom stereocenters. The van der Waals surface area contributed by atoms with E-state index >= 15 is 0 Å². The van der Waals surface area contributed by atoms with E-state index in [0.717, 1.165) is 0 Å². The van der Waals surface area contributed by atoms with Crippen LogP contribution in [0.25, 0.3) is 0 Å². The number of nitrogens with two attached hydrogens (primary N) is 1. The first kappa shape index (κ1) is 11.7. The number of ether oxygens (including phenoxy) is 2. The van der Waals surface area contributed by atoms with Crippen molar-refractivity contribution in [1.82, 2.24) is 0 Å². The Balaban J connectivity index is 2.26. The van der Waals surface area contributed by atoms with Crippen LogP contribution >= 0.6 is 0 Å². The number of alkyl halides is 3. The van der Waals surface area contributed by atoms with Crippen molar-refractivity contribution in [3.05, 3.63) is 0 Å². The van der Waals surface area contributed by atoms with Gasteiger partial charge in [-0.05, 0) is 6.42 Å². The average molecular weight is 213 g/mol. The van der Waals surface area contributed by atoms with Crippen molar-refractivity contribution in [3.8, 4) is 0 Å². The Morgan fingerprint density at radius 3 is 2.64 bits per heavy atom. The second kappa shape index (κ2) is 4.95. The fourth-order valence-electron chi connectivity index (χ4n) is 1.19. The third kappa shape index (κ3) is 3.43. The molecule has 2 N–H and O–H groups in total. The molecule has 0 aromatic rings. The molecular weight excluding hydrogens is 199 g/mol. The number of halogens is 3. The van der Waals surface area contributed by atoms with Crippen molar-refractivity contribution in [3.63, 3.8) is 0 Å². The zero-order valence-corrected chi connectivity index (χ0v) is 7.72. The van der Waals surface area contributed by atoms with Gasteiger partial charge in [0, 0.05) is 13.2 Å². The average Bonchev–Trinajstić information content (AvgIpc) is 2.55. The summed E-state index contributed by atoms with van der Waals surface area (Å²) in [7, 11) is 0. The third-order valence-electron chi connectivity index (χ3n) is 2.17. The van der Waals surface area contributed by atoms with Crippen LogP contribution in [0.5, 0.6) is 0 Å². The zero-order valence-electron chi connectivity index (χ0n) is 7.72. The fraction of sp³-hybridized carbons (Fsp3) is 1.00. The predicted octanol–water partition coefficient (Wildman–Crippen LogP) is 0.929. The van der Waals surface area contributed by atoms with Gasteiger partial charge in [-0.15, -0.1) is 0 Å². The summed E-state index contributed by atoms with van der Waals surface area (Å²) in [6, 6.07) is 0. The molecule has 0 aromatic carbocycles. The van der Waals surface area contributed by atoms with Gasteiger partial charge in [0.25, 0.3) is 0 Å². The van der Waals surface area contributed by atoms with Crippen LogP contribution in [-0.2, 0) is 9.47 Å². The number of hydrogen-bond donors (Lipinski definition) is 1. The lowest BCUT2D eigenvalue weighted by atomic mass is 10.1. The Bertz CT molecular complexity index is 168. The van der Waals surface area contributed by atoms with E-state index in [1.165, 1.54) is 0 Å². The Morgan fingerprint density at radius 1 is 1.50 bits per heavy atom. The zero-order chi connectivity index (χ0) is 10.6. The summed E-state index contributed by atoms with van der Waals surface area (Å²) in [6.45, 7) is 0.143. The summed E-state index contributed by atoms with van der Waals surface area (Å²) in [5.74, 6) is -1.57. The van der Waals surface area contributed by atoms with Crippen LogP contribution in [-0.4, -0.2) is 38.6 Å². The largest absolute Gasteiger partial charge is 0.395 e. The van der Waals surface area contributed by atoms with Gasteiger partial charge < -0.3 is 15.2 Å². The Hall–Kier alpha value is -0.330. The summed E-state index contributed by atoms with van der Waals surface area (Å²) >= 11 is 0. The van der Waals surface area contributed by atoms with E-state index < -0.39 is 18.6 Å². The van der Waals surface area contributed by atoms with E-state index in [4.69, 9.17) is 15.2 Å². The normalized spacial score (nSPS) is 25.3. The van der Waals surface area contributed by atoms with Gasteiger partial charge in [-0.25, -0.2) is 0 Å². The van der Waals surface area contributed by atoms with Crippen LogP contribution in [0.2, 0.25) is 0 Å². The van der Waals surface area contributed by atoms with Gasteiger partial charge in [0.2, 0.25) is 0 Å². The highest BCUT2D eigenvalue weighted by molar-refractivity contribution is 4.70. The maximum Gasteiger partial charge on any atom is 0.395 e. The lowest BCUT2D eigenvalue weighted by Crippen LogP contribution is -2.35. The molecule has 0 amide bonds. The second-order valence-corrected chi connectivity index (χ2v) is 3.29. The molecule has 0 saturated carbocycles. The summed E-state index contributed by atoms with van der Waals surface area (Å²) in [4.78, 5) is 0.